The van der Waals surface area contributed by atoms with Crippen molar-refractivity contribution in [3.8, 4) is 11.8 Å². The number of fused-ring (bicyclic) bond motifs is 1. The summed E-state index contributed by atoms with van der Waals surface area (Å²) in [7, 11) is 0. The van der Waals surface area contributed by atoms with Crippen molar-refractivity contribution >= 4 is 17.0 Å². The molecule has 2 heterocycles. The zero-order chi connectivity index (χ0) is 14.7. The minimum atomic E-state index is 0.421. The van der Waals surface area contributed by atoms with E-state index in [-0.39, 0.29) is 0 Å². The molecule has 108 valence electrons. The average Bonchev–Trinajstić information content (AvgIpc) is 2.92. The highest BCUT2D eigenvalue weighted by atomic mass is 32.1. The maximum Gasteiger partial charge on any atom is 0.0772 e. The minimum Gasteiger partial charge on any atom is -0.366 e. The van der Waals surface area contributed by atoms with Crippen molar-refractivity contribution in [2.24, 2.45) is 11.7 Å². The van der Waals surface area contributed by atoms with Gasteiger partial charge in [0.25, 0.3) is 0 Å². The van der Waals surface area contributed by atoms with Gasteiger partial charge in [0.1, 0.15) is 0 Å². The van der Waals surface area contributed by atoms with E-state index >= 15 is 0 Å². The zero-order valence-electron chi connectivity index (χ0n) is 12.3. The topological polar surface area (TPSA) is 29.3 Å². The Kier molecular flexibility index (Phi) is 4.28. The van der Waals surface area contributed by atoms with Crippen LogP contribution in [0.15, 0.2) is 36.4 Å². The smallest absolute Gasteiger partial charge is 0.0772 e. The lowest BCUT2D eigenvalue weighted by Gasteiger charge is -2.34. The van der Waals surface area contributed by atoms with E-state index in [1.807, 2.05) is 0 Å². The lowest BCUT2D eigenvalue weighted by molar-refractivity contribution is 0.531. The number of para-hydroxylation sites is 1. The fourth-order valence-corrected chi connectivity index (χ4v) is 3.81. The van der Waals surface area contributed by atoms with Crippen LogP contribution in [0.3, 0.4) is 0 Å². The number of nitrogens with two attached hydrogens (primary N) is 1. The largest absolute Gasteiger partial charge is 0.366 e. The maximum absolute atomic E-state index is 5.42. The number of rotatable bonds is 2. The molecule has 1 aromatic heterocycles. The van der Waals surface area contributed by atoms with Gasteiger partial charge in [0, 0.05) is 17.1 Å². The van der Waals surface area contributed by atoms with Crippen molar-refractivity contribution in [2.45, 2.75) is 19.9 Å². The summed E-state index contributed by atoms with van der Waals surface area (Å²) in [4.78, 5) is 4.96. The van der Waals surface area contributed by atoms with Crippen LogP contribution in [-0.2, 0) is 13.0 Å². The second kappa shape index (κ2) is 6.34. The number of hydrogen-bond acceptors (Lipinski definition) is 3. The van der Waals surface area contributed by atoms with Gasteiger partial charge in [-0.3, -0.25) is 0 Å². The Morgan fingerprint density at radius 2 is 2.14 bits per heavy atom. The SMILES string of the molecule is CC1Cc2ccccc2N(Cc2ccc(C#CCN)s2)C1. The molecular weight excluding hydrogens is 276 g/mol. The van der Waals surface area contributed by atoms with Crippen LogP contribution in [0, 0.1) is 17.8 Å². The van der Waals surface area contributed by atoms with Gasteiger partial charge in [-0.1, -0.05) is 37.0 Å². The van der Waals surface area contributed by atoms with E-state index in [1.165, 1.54) is 22.5 Å². The Bertz CT molecular complexity index is 678. The first-order chi connectivity index (χ1) is 10.3. The molecule has 0 fully saturated rings. The first-order valence-corrected chi connectivity index (χ1v) is 8.18. The predicted molar refractivity (Wildman–Crippen MR) is 90.6 cm³/mol. The van der Waals surface area contributed by atoms with Crippen LogP contribution in [0.4, 0.5) is 5.69 Å². The highest BCUT2D eigenvalue weighted by molar-refractivity contribution is 7.12. The molecule has 0 radical (unpaired) electrons. The van der Waals surface area contributed by atoms with Crippen LogP contribution in [0.5, 0.6) is 0 Å². The van der Waals surface area contributed by atoms with Gasteiger partial charge in [-0.25, -0.2) is 0 Å². The molecule has 2 N–H and O–H groups in total. The van der Waals surface area contributed by atoms with Crippen molar-refractivity contribution in [2.75, 3.05) is 18.0 Å². The van der Waals surface area contributed by atoms with E-state index in [0.717, 1.165) is 18.0 Å². The molecule has 0 saturated carbocycles. The monoisotopic (exact) mass is 296 g/mol. The first kappa shape index (κ1) is 14.2. The van der Waals surface area contributed by atoms with Crippen molar-refractivity contribution in [1.82, 2.24) is 0 Å². The second-order valence-electron chi connectivity index (χ2n) is 5.59. The van der Waals surface area contributed by atoms with Gasteiger partial charge in [-0.2, -0.15) is 0 Å². The van der Waals surface area contributed by atoms with Gasteiger partial charge in [0.05, 0.1) is 18.0 Å². The lowest BCUT2D eigenvalue weighted by atomic mass is 9.94. The summed E-state index contributed by atoms with van der Waals surface area (Å²) >= 11 is 1.77. The molecule has 1 aromatic carbocycles. The van der Waals surface area contributed by atoms with Crippen LogP contribution in [0.25, 0.3) is 0 Å². The number of hydrogen-bond donors (Lipinski definition) is 1. The minimum absolute atomic E-state index is 0.421. The third-order valence-electron chi connectivity index (χ3n) is 3.75. The highest BCUT2D eigenvalue weighted by Gasteiger charge is 2.21. The summed E-state index contributed by atoms with van der Waals surface area (Å²) in [6, 6.07) is 13.1. The standard InChI is InChI=1S/C18H20N2S/c1-14-11-15-5-2-3-7-18(15)20(12-14)13-17-9-8-16(21-17)6-4-10-19/h2-3,5,7-9,14H,10-13,19H2,1H3. The van der Waals surface area contributed by atoms with Gasteiger partial charge in [-0.15, -0.1) is 11.3 Å². The third-order valence-corrected chi connectivity index (χ3v) is 4.74. The van der Waals surface area contributed by atoms with Gasteiger partial charge in [0.15, 0.2) is 0 Å². The third kappa shape index (κ3) is 3.29. The zero-order valence-corrected chi connectivity index (χ0v) is 13.1. The number of thiophene rings is 1. The van der Waals surface area contributed by atoms with E-state index in [1.54, 1.807) is 11.3 Å². The van der Waals surface area contributed by atoms with Crippen LogP contribution in [0.2, 0.25) is 0 Å². The lowest BCUT2D eigenvalue weighted by Crippen LogP contribution is -2.33. The molecular formula is C18H20N2S. The van der Waals surface area contributed by atoms with Crippen molar-refractivity contribution in [3.05, 3.63) is 51.7 Å². The average molecular weight is 296 g/mol. The molecule has 1 atom stereocenters. The summed E-state index contributed by atoms with van der Waals surface area (Å²) in [5, 5.41) is 0. The van der Waals surface area contributed by atoms with Gasteiger partial charge in [0.2, 0.25) is 0 Å². The van der Waals surface area contributed by atoms with E-state index in [9.17, 15) is 0 Å². The highest BCUT2D eigenvalue weighted by Crippen LogP contribution is 2.31. The van der Waals surface area contributed by atoms with Crippen LogP contribution in [-0.4, -0.2) is 13.1 Å². The Morgan fingerprint density at radius 1 is 1.29 bits per heavy atom. The molecule has 1 unspecified atom stereocenters. The summed E-state index contributed by atoms with van der Waals surface area (Å²) in [6.45, 7) is 4.84. The normalized spacial score (nSPS) is 17.0. The number of anilines is 1. The molecule has 3 heteroatoms. The van der Waals surface area contributed by atoms with Gasteiger partial charge in [-0.05, 0) is 36.1 Å². The van der Waals surface area contributed by atoms with E-state index in [4.69, 9.17) is 5.73 Å². The van der Waals surface area contributed by atoms with Crippen LogP contribution in [0.1, 0.15) is 22.2 Å². The summed E-state index contributed by atoms with van der Waals surface area (Å²) in [6.07, 6.45) is 1.18. The fourth-order valence-electron chi connectivity index (χ4n) is 2.91. The van der Waals surface area contributed by atoms with Crippen molar-refractivity contribution in [3.63, 3.8) is 0 Å². The molecule has 2 nitrogen and oxygen atoms in total. The summed E-state index contributed by atoms with van der Waals surface area (Å²) in [5.74, 6) is 6.74. The molecule has 2 aromatic rings. The molecule has 0 bridgehead atoms. The van der Waals surface area contributed by atoms with E-state index < -0.39 is 0 Å². The fraction of sp³-hybridized carbons (Fsp3) is 0.333. The van der Waals surface area contributed by atoms with E-state index in [0.29, 0.717) is 12.5 Å². The maximum atomic E-state index is 5.42. The Balaban J connectivity index is 1.80. The van der Waals surface area contributed by atoms with Crippen LogP contribution < -0.4 is 10.6 Å². The molecule has 1 aliphatic rings. The number of benzene rings is 1. The molecule has 3 rings (SSSR count). The predicted octanol–water partition coefficient (Wildman–Crippen LogP) is 3.26. The van der Waals surface area contributed by atoms with Crippen molar-refractivity contribution in [1.29, 1.82) is 0 Å². The van der Waals surface area contributed by atoms with Gasteiger partial charge >= 0.3 is 0 Å². The molecule has 0 spiro atoms. The quantitative estimate of drug-likeness (QED) is 0.862. The molecule has 0 amide bonds. The summed E-state index contributed by atoms with van der Waals surface area (Å²) in [5.41, 5.74) is 8.28. The summed E-state index contributed by atoms with van der Waals surface area (Å²) < 4.78 is 0. The Morgan fingerprint density at radius 3 is 3.00 bits per heavy atom. The first-order valence-electron chi connectivity index (χ1n) is 7.37. The number of nitrogens with zero attached hydrogens (tertiary/aromatic N) is 1. The van der Waals surface area contributed by atoms with E-state index in [2.05, 4.69) is 60.1 Å². The molecule has 21 heavy (non-hydrogen) atoms. The Hall–Kier alpha value is -1.76. The van der Waals surface area contributed by atoms with Gasteiger partial charge < -0.3 is 10.6 Å². The van der Waals surface area contributed by atoms with Crippen LogP contribution >= 0.6 is 11.3 Å². The molecule has 0 saturated heterocycles. The molecule has 1 aliphatic heterocycles. The molecule has 0 aliphatic carbocycles. The van der Waals surface area contributed by atoms with Crippen molar-refractivity contribution < 1.29 is 0 Å². The second-order valence-corrected chi connectivity index (χ2v) is 6.76. The Labute approximate surface area is 130 Å².